The van der Waals surface area contributed by atoms with Crippen LogP contribution in [-0.2, 0) is 11.3 Å². The zero-order chi connectivity index (χ0) is 18.4. The van der Waals surface area contributed by atoms with E-state index < -0.39 is 0 Å². The summed E-state index contributed by atoms with van der Waals surface area (Å²) < 4.78 is 5.33. The van der Waals surface area contributed by atoms with Crippen molar-refractivity contribution in [3.8, 4) is 11.4 Å². The quantitative estimate of drug-likeness (QED) is 0.736. The molecule has 0 spiro atoms. The van der Waals surface area contributed by atoms with Crippen LogP contribution in [0.3, 0.4) is 0 Å². The van der Waals surface area contributed by atoms with Gasteiger partial charge in [0.15, 0.2) is 0 Å². The van der Waals surface area contributed by atoms with Gasteiger partial charge in [0, 0.05) is 18.7 Å². The maximum absolute atomic E-state index is 12.1. The average Bonchev–Trinajstić information content (AvgIpc) is 3.04. The number of carbonyl (C=O) groups is 1. The van der Waals surface area contributed by atoms with Crippen molar-refractivity contribution in [1.82, 2.24) is 19.9 Å². The van der Waals surface area contributed by atoms with E-state index in [1.807, 2.05) is 42.8 Å². The second kappa shape index (κ2) is 8.76. The van der Waals surface area contributed by atoms with E-state index in [1.54, 1.807) is 0 Å². The maximum Gasteiger partial charge on any atom is 0.241 e. The van der Waals surface area contributed by atoms with Crippen molar-refractivity contribution in [3.63, 3.8) is 0 Å². The van der Waals surface area contributed by atoms with Gasteiger partial charge in [-0.3, -0.25) is 9.69 Å². The van der Waals surface area contributed by atoms with Crippen molar-refractivity contribution in [1.29, 1.82) is 0 Å². The third kappa shape index (κ3) is 5.13. The molecule has 0 N–H and O–H groups in total. The van der Waals surface area contributed by atoms with Crippen molar-refractivity contribution in [3.05, 3.63) is 35.7 Å². The van der Waals surface area contributed by atoms with Crippen LogP contribution >= 0.6 is 0 Å². The highest BCUT2D eigenvalue weighted by Crippen LogP contribution is 2.20. The first kappa shape index (κ1) is 19.1. The minimum atomic E-state index is 0.108. The van der Waals surface area contributed by atoms with Gasteiger partial charge in [0.2, 0.25) is 17.6 Å². The van der Waals surface area contributed by atoms with Gasteiger partial charge in [0.25, 0.3) is 0 Å². The Morgan fingerprint density at radius 2 is 1.80 bits per heavy atom. The fourth-order valence-corrected chi connectivity index (χ4v) is 2.65. The molecule has 25 heavy (non-hydrogen) atoms. The fraction of sp³-hybridized carbons (Fsp3) is 0.526. The molecule has 0 aliphatic carbocycles. The molecule has 6 nitrogen and oxygen atoms in total. The first-order chi connectivity index (χ1) is 11.9. The first-order valence-corrected chi connectivity index (χ1v) is 8.83. The normalized spacial score (nSPS) is 11.3. The van der Waals surface area contributed by atoms with Crippen LogP contribution in [0.1, 0.15) is 45.1 Å². The summed E-state index contributed by atoms with van der Waals surface area (Å²) in [7, 11) is 1.88. The highest BCUT2D eigenvalue weighted by Gasteiger charge is 2.15. The van der Waals surface area contributed by atoms with E-state index in [2.05, 4.69) is 36.1 Å². The lowest BCUT2D eigenvalue weighted by atomic mass is 10.0. The van der Waals surface area contributed by atoms with Crippen LogP contribution in [0.4, 0.5) is 0 Å². The molecule has 1 heterocycles. The van der Waals surface area contributed by atoms with Crippen LogP contribution in [0.25, 0.3) is 11.4 Å². The lowest BCUT2D eigenvalue weighted by Crippen LogP contribution is -2.38. The molecule has 0 aliphatic rings. The number of likely N-dealkylation sites (N-methyl/N-ethyl adjacent to an activating group) is 2. The summed E-state index contributed by atoms with van der Waals surface area (Å²) in [5, 5.41) is 4.05. The molecular formula is C19H28N4O2. The Bertz CT molecular complexity index is 675. The summed E-state index contributed by atoms with van der Waals surface area (Å²) in [6.45, 7) is 10.5. The second-order valence-corrected chi connectivity index (χ2v) is 6.53. The third-order valence-corrected chi connectivity index (χ3v) is 4.23. The Morgan fingerprint density at radius 3 is 2.36 bits per heavy atom. The number of nitrogens with zero attached hydrogens (tertiary/aromatic N) is 4. The Kier molecular flexibility index (Phi) is 6.70. The number of benzene rings is 1. The van der Waals surface area contributed by atoms with E-state index in [0.717, 1.165) is 18.7 Å². The molecule has 6 heteroatoms. The SMILES string of the molecule is CCN(CC)C(=O)CN(C)Cc1nc(-c2ccc(C(C)C)cc2)no1. The molecule has 0 radical (unpaired) electrons. The molecule has 2 rings (SSSR count). The third-order valence-electron chi connectivity index (χ3n) is 4.23. The fourth-order valence-electron chi connectivity index (χ4n) is 2.65. The van der Waals surface area contributed by atoms with Crippen molar-refractivity contribution in [2.75, 3.05) is 26.7 Å². The summed E-state index contributed by atoms with van der Waals surface area (Å²) in [5.41, 5.74) is 2.21. The van der Waals surface area contributed by atoms with Crippen molar-refractivity contribution < 1.29 is 9.32 Å². The monoisotopic (exact) mass is 344 g/mol. The Hall–Kier alpha value is -2.21. The van der Waals surface area contributed by atoms with E-state index in [0.29, 0.717) is 30.7 Å². The minimum Gasteiger partial charge on any atom is -0.342 e. The molecule has 1 amide bonds. The van der Waals surface area contributed by atoms with Crippen molar-refractivity contribution in [2.45, 2.75) is 40.2 Å². The molecule has 0 saturated carbocycles. The zero-order valence-electron chi connectivity index (χ0n) is 15.8. The van der Waals surface area contributed by atoms with Crippen LogP contribution < -0.4 is 0 Å². The van der Waals surface area contributed by atoms with Crippen LogP contribution in [0.5, 0.6) is 0 Å². The van der Waals surface area contributed by atoms with Gasteiger partial charge in [-0.25, -0.2) is 0 Å². The summed E-state index contributed by atoms with van der Waals surface area (Å²) in [6.07, 6.45) is 0. The average molecular weight is 344 g/mol. The molecule has 1 aromatic carbocycles. The number of amides is 1. The highest BCUT2D eigenvalue weighted by atomic mass is 16.5. The zero-order valence-corrected chi connectivity index (χ0v) is 15.8. The van der Waals surface area contributed by atoms with E-state index >= 15 is 0 Å². The van der Waals surface area contributed by atoms with Gasteiger partial charge in [0.1, 0.15) is 0 Å². The minimum absolute atomic E-state index is 0.108. The summed E-state index contributed by atoms with van der Waals surface area (Å²) in [4.78, 5) is 20.3. The van der Waals surface area contributed by atoms with Gasteiger partial charge >= 0.3 is 0 Å². The topological polar surface area (TPSA) is 62.5 Å². The van der Waals surface area contributed by atoms with E-state index in [9.17, 15) is 4.79 Å². The molecule has 0 atom stereocenters. The smallest absolute Gasteiger partial charge is 0.241 e. The number of aromatic nitrogens is 2. The van der Waals surface area contributed by atoms with Gasteiger partial charge in [0.05, 0.1) is 13.1 Å². The Morgan fingerprint density at radius 1 is 1.16 bits per heavy atom. The number of rotatable bonds is 8. The number of hydrogen-bond acceptors (Lipinski definition) is 5. The molecule has 0 bridgehead atoms. The first-order valence-electron chi connectivity index (χ1n) is 8.83. The second-order valence-electron chi connectivity index (χ2n) is 6.53. The Labute approximate surface area is 149 Å². The molecule has 0 fully saturated rings. The number of hydrogen-bond donors (Lipinski definition) is 0. The van der Waals surface area contributed by atoms with Gasteiger partial charge in [-0.2, -0.15) is 4.98 Å². The summed E-state index contributed by atoms with van der Waals surface area (Å²) in [6, 6.07) is 8.20. The van der Waals surface area contributed by atoms with Gasteiger partial charge in [-0.15, -0.1) is 0 Å². The van der Waals surface area contributed by atoms with Crippen LogP contribution in [-0.4, -0.2) is 52.5 Å². The molecule has 0 aliphatic heterocycles. The Balaban J connectivity index is 1.97. The molecule has 1 aromatic heterocycles. The standard InChI is InChI=1S/C19H28N4O2/c1-6-23(7-2)18(24)13-22(5)12-17-20-19(21-25-17)16-10-8-15(9-11-16)14(3)4/h8-11,14H,6-7,12-13H2,1-5H3. The van der Waals surface area contributed by atoms with Crippen LogP contribution in [0.2, 0.25) is 0 Å². The van der Waals surface area contributed by atoms with Gasteiger partial charge in [-0.1, -0.05) is 43.3 Å². The summed E-state index contributed by atoms with van der Waals surface area (Å²) in [5.74, 6) is 1.69. The maximum atomic E-state index is 12.1. The predicted molar refractivity (Wildman–Crippen MR) is 98.1 cm³/mol. The van der Waals surface area contributed by atoms with E-state index in [4.69, 9.17) is 4.52 Å². The molecule has 0 saturated heterocycles. The van der Waals surface area contributed by atoms with Crippen molar-refractivity contribution in [2.24, 2.45) is 0 Å². The lowest BCUT2D eigenvalue weighted by Gasteiger charge is -2.22. The van der Waals surface area contributed by atoms with Crippen molar-refractivity contribution >= 4 is 5.91 Å². The molecular weight excluding hydrogens is 316 g/mol. The predicted octanol–water partition coefficient (Wildman–Crippen LogP) is 3.16. The summed E-state index contributed by atoms with van der Waals surface area (Å²) >= 11 is 0. The lowest BCUT2D eigenvalue weighted by molar-refractivity contribution is -0.131. The van der Waals surface area contributed by atoms with Gasteiger partial charge in [-0.05, 0) is 32.4 Å². The van der Waals surface area contributed by atoms with E-state index in [1.165, 1.54) is 5.56 Å². The molecule has 2 aromatic rings. The van der Waals surface area contributed by atoms with E-state index in [-0.39, 0.29) is 5.91 Å². The largest absolute Gasteiger partial charge is 0.342 e. The van der Waals surface area contributed by atoms with Gasteiger partial charge < -0.3 is 9.42 Å². The molecule has 0 unspecified atom stereocenters. The number of carbonyl (C=O) groups excluding carboxylic acids is 1. The van der Waals surface area contributed by atoms with Crippen LogP contribution in [0.15, 0.2) is 28.8 Å². The highest BCUT2D eigenvalue weighted by molar-refractivity contribution is 5.78. The van der Waals surface area contributed by atoms with Crippen LogP contribution in [0, 0.1) is 0 Å². The molecule has 136 valence electrons.